The number of pyridine rings is 1. The molecule has 2 atom stereocenters. The van der Waals surface area contributed by atoms with Gasteiger partial charge in [-0.1, -0.05) is 13.0 Å². The average Bonchev–Trinajstić information content (AvgIpc) is 2.76. The number of nitrogens with zero attached hydrogens (tertiary/aromatic N) is 4. The van der Waals surface area contributed by atoms with E-state index in [0.717, 1.165) is 30.3 Å². The van der Waals surface area contributed by atoms with E-state index in [0.29, 0.717) is 44.5 Å². The van der Waals surface area contributed by atoms with E-state index in [-0.39, 0.29) is 12.1 Å². The van der Waals surface area contributed by atoms with Crippen LogP contribution in [0.3, 0.4) is 0 Å². The highest BCUT2D eigenvalue weighted by Crippen LogP contribution is 2.17. The molecule has 0 aromatic carbocycles. The number of morpholine rings is 1. The Kier molecular flexibility index (Phi) is 7.68. The van der Waals surface area contributed by atoms with Gasteiger partial charge in [-0.05, 0) is 25.0 Å². The van der Waals surface area contributed by atoms with Gasteiger partial charge in [-0.25, -0.2) is 9.98 Å². The Balaban J connectivity index is 1.91. The molecule has 3 rings (SSSR count). The molecule has 0 bridgehead atoms. The van der Waals surface area contributed by atoms with E-state index in [1.165, 1.54) is 0 Å². The van der Waals surface area contributed by atoms with Crippen molar-refractivity contribution >= 4 is 23.3 Å². The van der Waals surface area contributed by atoms with Crippen LogP contribution in [0.1, 0.15) is 18.9 Å². The zero-order valence-corrected chi connectivity index (χ0v) is 17.4. The minimum Gasteiger partial charge on any atom is -0.383 e. The zero-order valence-electron chi connectivity index (χ0n) is 17.4. The van der Waals surface area contributed by atoms with Crippen LogP contribution < -0.4 is 10.6 Å². The quantitative estimate of drug-likeness (QED) is 0.470. The monoisotopic (exact) mass is 401 g/mol. The van der Waals surface area contributed by atoms with Crippen molar-refractivity contribution in [3.8, 4) is 0 Å². The summed E-state index contributed by atoms with van der Waals surface area (Å²) in [6.07, 6.45) is 2.45. The molecule has 1 fully saturated rings. The molecule has 1 aromatic heterocycles. The maximum absolute atomic E-state index is 8.52. The standard InChI is InChI=1S/C20H31N7O2/c1-4-15(21)17-18(22-7-10-28-3)19(24-16-6-5-14(2)13-23-16)26-20(25-17)27-8-11-29-12-9-27/h5-6,13,17-18,21-22H,4,7-12H2,1-3H3,(H,23,24,25,26). The largest absolute Gasteiger partial charge is 0.383 e. The van der Waals surface area contributed by atoms with E-state index in [1.807, 2.05) is 32.2 Å². The lowest BCUT2D eigenvalue weighted by Gasteiger charge is -2.35. The predicted octanol–water partition coefficient (Wildman–Crippen LogP) is 1.31. The van der Waals surface area contributed by atoms with Crippen molar-refractivity contribution in [3.05, 3.63) is 23.9 Å². The molecule has 0 amide bonds. The number of amidine groups is 1. The highest BCUT2D eigenvalue weighted by molar-refractivity contribution is 6.11. The Labute approximate surface area is 172 Å². The molecular formula is C20H31N7O2. The first-order valence-corrected chi connectivity index (χ1v) is 10.1. The highest BCUT2D eigenvalue weighted by atomic mass is 16.5. The Hall–Kier alpha value is -2.36. The van der Waals surface area contributed by atoms with E-state index in [2.05, 4.69) is 20.5 Å². The second-order valence-corrected chi connectivity index (χ2v) is 7.12. The number of aryl methyl sites for hydroxylation is 1. The van der Waals surface area contributed by atoms with E-state index in [1.54, 1.807) is 7.11 Å². The molecule has 158 valence electrons. The van der Waals surface area contributed by atoms with Crippen LogP contribution in [-0.4, -0.2) is 86.0 Å². The Morgan fingerprint density at radius 2 is 2.14 bits per heavy atom. The minimum absolute atomic E-state index is 0.245. The number of rotatable bonds is 7. The molecule has 2 aliphatic heterocycles. The van der Waals surface area contributed by atoms with Gasteiger partial charge < -0.3 is 30.4 Å². The molecule has 1 saturated heterocycles. The van der Waals surface area contributed by atoms with Crippen molar-refractivity contribution in [2.75, 3.05) is 51.9 Å². The van der Waals surface area contributed by atoms with Gasteiger partial charge in [-0.15, -0.1) is 0 Å². The maximum atomic E-state index is 8.52. The number of anilines is 1. The van der Waals surface area contributed by atoms with Crippen molar-refractivity contribution in [2.24, 2.45) is 9.98 Å². The van der Waals surface area contributed by atoms with Gasteiger partial charge in [0, 0.05) is 38.7 Å². The van der Waals surface area contributed by atoms with Gasteiger partial charge in [0.2, 0.25) is 5.96 Å². The Bertz CT molecular complexity index is 742. The fourth-order valence-corrected chi connectivity index (χ4v) is 3.26. The van der Waals surface area contributed by atoms with Crippen LogP contribution >= 0.6 is 0 Å². The van der Waals surface area contributed by atoms with Gasteiger partial charge in [-0.3, -0.25) is 0 Å². The minimum atomic E-state index is -0.333. The summed E-state index contributed by atoms with van der Waals surface area (Å²) < 4.78 is 10.7. The highest BCUT2D eigenvalue weighted by Gasteiger charge is 2.34. The molecular weight excluding hydrogens is 370 g/mol. The first-order chi connectivity index (χ1) is 14.1. The second kappa shape index (κ2) is 10.4. The van der Waals surface area contributed by atoms with Gasteiger partial charge in [0.25, 0.3) is 0 Å². The molecule has 9 nitrogen and oxygen atoms in total. The van der Waals surface area contributed by atoms with Crippen LogP contribution in [0.15, 0.2) is 28.3 Å². The number of hydrogen-bond donors (Lipinski definition) is 3. The maximum Gasteiger partial charge on any atom is 0.223 e. The fraction of sp³-hybridized carbons (Fsp3) is 0.600. The third kappa shape index (κ3) is 5.59. The first kappa shape index (κ1) is 21.4. The van der Waals surface area contributed by atoms with Crippen LogP contribution in [0.2, 0.25) is 0 Å². The Morgan fingerprint density at radius 1 is 1.34 bits per heavy atom. The smallest absolute Gasteiger partial charge is 0.223 e. The van der Waals surface area contributed by atoms with E-state index in [9.17, 15) is 0 Å². The molecule has 0 spiro atoms. The summed E-state index contributed by atoms with van der Waals surface area (Å²) in [6.45, 7) is 7.99. The van der Waals surface area contributed by atoms with Crippen molar-refractivity contribution in [1.29, 1.82) is 5.41 Å². The number of nitrogens with one attached hydrogen (secondary N) is 3. The number of methoxy groups -OCH3 is 1. The number of hydrogen-bond acceptors (Lipinski definition) is 9. The van der Waals surface area contributed by atoms with Gasteiger partial charge in [0.15, 0.2) is 0 Å². The van der Waals surface area contributed by atoms with Gasteiger partial charge >= 0.3 is 0 Å². The fourth-order valence-electron chi connectivity index (χ4n) is 3.26. The van der Waals surface area contributed by atoms with Crippen LogP contribution in [-0.2, 0) is 9.47 Å². The number of aromatic nitrogens is 1. The Morgan fingerprint density at radius 3 is 2.79 bits per heavy atom. The molecule has 3 N–H and O–H groups in total. The molecule has 9 heteroatoms. The van der Waals surface area contributed by atoms with Crippen molar-refractivity contribution < 1.29 is 9.47 Å². The summed E-state index contributed by atoms with van der Waals surface area (Å²) in [6, 6.07) is 3.37. The molecule has 1 aromatic rings. The normalized spacial score (nSPS) is 22.1. The van der Waals surface area contributed by atoms with Crippen LogP contribution in [0.5, 0.6) is 0 Å². The molecule has 29 heavy (non-hydrogen) atoms. The number of ether oxygens (including phenoxy) is 2. The third-order valence-electron chi connectivity index (χ3n) is 4.96. The third-order valence-corrected chi connectivity index (χ3v) is 4.96. The molecule has 0 radical (unpaired) electrons. The molecule has 3 heterocycles. The van der Waals surface area contributed by atoms with E-state index in [4.69, 9.17) is 24.9 Å². The summed E-state index contributed by atoms with van der Waals surface area (Å²) in [4.78, 5) is 16.3. The predicted molar refractivity (Wildman–Crippen MR) is 115 cm³/mol. The summed E-state index contributed by atoms with van der Waals surface area (Å²) >= 11 is 0. The van der Waals surface area contributed by atoms with Gasteiger partial charge in [0.1, 0.15) is 17.7 Å². The number of guanidine groups is 1. The summed E-state index contributed by atoms with van der Waals surface area (Å²) in [5.74, 6) is 2.09. The molecule has 0 aliphatic carbocycles. The van der Waals surface area contributed by atoms with Gasteiger partial charge in [0.05, 0.1) is 25.9 Å². The lowest BCUT2D eigenvalue weighted by Crippen LogP contribution is -2.56. The number of aliphatic imine (C=N–C) groups is 2. The molecule has 0 saturated carbocycles. The SMILES string of the molecule is CCC(=N)C1N=C(N2CCOCC2)N=C(Nc2ccc(C)cn2)C1NCCOC. The lowest BCUT2D eigenvalue weighted by atomic mass is 9.99. The molecule has 2 aliphatic rings. The van der Waals surface area contributed by atoms with Crippen LogP contribution in [0.4, 0.5) is 5.82 Å². The van der Waals surface area contributed by atoms with Crippen molar-refractivity contribution in [2.45, 2.75) is 32.4 Å². The lowest BCUT2D eigenvalue weighted by molar-refractivity contribution is 0.0673. The molecule has 2 unspecified atom stereocenters. The van der Waals surface area contributed by atoms with E-state index < -0.39 is 0 Å². The summed E-state index contributed by atoms with van der Waals surface area (Å²) in [7, 11) is 1.67. The van der Waals surface area contributed by atoms with Crippen molar-refractivity contribution in [1.82, 2.24) is 15.2 Å². The van der Waals surface area contributed by atoms with Crippen LogP contribution in [0, 0.1) is 12.3 Å². The van der Waals surface area contributed by atoms with Crippen molar-refractivity contribution in [3.63, 3.8) is 0 Å². The van der Waals surface area contributed by atoms with E-state index >= 15 is 0 Å². The average molecular weight is 402 g/mol. The zero-order chi connectivity index (χ0) is 20.6. The second-order valence-electron chi connectivity index (χ2n) is 7.12. The topological polar surface area (TPSA) is 107 Å². The van der Waals surface area contributed by atoms with Gasteiger partial charge in [-0.2, -0.15) is 4.99 Å². The summed E-state index contributed by atoms with van der Waals surface area (Å²) in [5.41, 5.74) is 1.66. The first-order valence-electron chi connectivity index (χ1n) is 10.1. The van der Waals surface area contributed by atoms with Crippen LogP contribution in [0.25, 0.3) is 0 Å². The summed E-state index contributed by atoms with van der Waals surface area (Å²) in [5, 5.41) is 15.3.